The van der Waals surface area contributed by atoms with Crippen LogP contribution in [0.4, 0.5) is 8.78 Å². The molecule has 0 aliphatic carbocycles. The highest BCUT2D eigenvalue weighted by Gasteiger charge is 2.23. The number of pyridine rings is 1. The van der Waals surface area contributed by atoms with Crippen LogP contribution in [0, 0.1) is 0 Å². The van der Waals surface area contributed by atoms with Gasteiger partial charge in [0.1, 0.15) is 0 Å². The van der Waals surface area contributed by atoms with Crippen LogP contribution in [-0.4, -0.2) is 18.5 Å². The first-order chi connectivity index (χ1) is 8.15. The van der Waals surface area contributed by atoms with Gasteiger partial charge in [0.25, 0.3) is 6.43 Å². The number of nitrogens with zero attached hydrogens (tertiary/aromatic N) is 1. The van der Waals surface area contributed by atoms with Crippen LogP contribution in [0.5, 0.6) is 0 Å². The maximum Gasteiger partial charge on any atom is 0.257 e. The Bertz CT molecular complexity index is 531. The number of hydrogen-bond donors (Lipinski definition) is 1. The minimum atomic E-state index is -2.49. The Labute approximate surface area is 103 Å². The molecule has 0 aliphatic heterocycles. The zero-order chi connectivity index (χ0) is 12.4. The van der Waals surface area contributed by atoms with E-state index in [0.29, 0.717) is 21.5 Å². The lowest BCUT2D eigenvalue weighted by Gasteiger charge is -2.17. The maximum absolute atomic E-state index is 12.9. The fourth-order valence-electron chi connectivity index (χ4n) is 1.83. The number of alkyl halides is 2. The van der Waals surface area contributed by atoms with Crippen molar-refractivity contribution in [2.24, 2.45) is 0 Å². The Kier molecular flexibility index (Phi) is 3.54. The second-order valence-electron chi connectivity index (χ2n) is 3.64. The zero-order valence-electron chi connectivity index (χ0n) is 9.12. The number of rotatable bonds is 3. The number of halogens is 3. The predicted molar refractivity (Wildman–Crippen MR) is 64.6 cm³/mol. The SMILES string of the molecule is CNC(c1ccc(Cl)c2cccnc12)C(F)F. The third kappa shape index (κ3) is 2.23. The van der Waals surface area contributed by atoms with Crippen molar-refractivity contribution >= 4 is 22.5 Å². The first kappa shape index (κ1) is 12.2. The first-order valence-electron chi connectivity index (χ1n) is 5.13. The van der Waals surface area contributed by atoms with Gasteiger partial charge in [-0.15, -0.1) is 0 Å². The third-order valence-electron chi connectivity index (χ3n) is 2.65. The number of hydrogen-bond acceptors (Lipinski definition) is 2. The molecule has 0 bridgehead atoms. The zero-order valence-corrected chi connectivity index (χ0v) is 9.88. The summed E-state index contributed by atoms with van der Waals surface area (Å²) in [7, 11) is 1.50. The molecule has 0 spiro atoms. The van der Waals surface area contributed by atoms with Gasteiger partial charge in [0.2, 0.25) is 0 Å². The Morgan fingerprint density at radius 3 is 2.71 bits per heavy atom. The van der Waals surface area contributed by atoms with Crippen LogP contribution in [0.15, 0.2) is 30.5 Å². The van der Waals surface area contributed by atoms with E-state index < -0.39 is 12.5 Å². The average Bonchev–Trinajstić information content (AvgIpc) is 2.33. The Morgan fingerprint density at radius 2 is 2.06 bits per heavy atom. The van der Waals surface area contributed by atoms with E-state index in [1.165, 1.54) is 7.05 Å². The molecule has 17 heavy (non-hydrogen) atoms. The van der Waals surface area contributed by atoms with Gasteiger partial charge >= 0.3 is 0 Å². The summed E-state index contributed by atoms with van der Waals surface area (Å²) in [5, 5.41) is 3.80. The van der Waals surface area contributed by atoms with E-state index >= 15 is 0 Å². The third-order valence-corrected chi connectivity index (χ3v) is 2.98. The minimum absolute atomic E-state index is 0.461. The second-order valence-corrected chi connectivity index (χ2v) is 4.04. The quantitative estimate of drug-likeness (QED) is 0.910. The Balaban J connectivity index is 2.66. The molecule has 1 unspecified atom stereocenters. The molecule has 2 aromatic rings. The molecule has 1 aromatic heterocycles. The monoisotopic (exact) mass is 256 g/mol. The fourth-order valence-corrected chi connectivity index (χ4v) is 2.04. The van der Waals surface area contributed by atoms with E-state index in [1.54, 1.807) is 30.5 Å². The molecule has 2 nitrogen and oxygen atoms in total. The highest BCUT2D eigenvalue weighted by atomic mass is 35.5. The van der Waals surface area contributed by atoms with Crippen molar-refractivity contribution < 1.29 is 8.78 Å². The highest BCUT2D eigenvalue weighted by Crippen LogP contribution is 2.30. The topological polar surface area (TPSA) is 24.9 Å². The molecule has 0 saturated heterocycles. The Morgan fingerprint density at radius 1 is 1.29 bits per heavy atom. The summed E-state index contributed by atoms with van der Waals surface area (Å²) in [6.45, 7) is 0. The van der Waals surface area contributed by atoms with Gasteiger partial charge in [0.05, 0.1) is 11.6 Å². The van der Waals surface area contributed by atoms with Crippen LogP contribution in [0.1, 0.15) is 11.6 Å². The molecule has 1 heterocycles. The lowest BCUT2D eigenvalue weighted by atomic mass is 10.0. The minimum Gasteiger partial charge on any atom is -0.308 e. The molecule has 1 aromatic carbocycles. The average molecular weight is 257 g/mol. The van der Waals surface area contributed by atoms with Crippen molar-refractivity contribution in [3.63, 3.8) is 0 Å². The first-order valence-corrected chi connectivity index (χ1v) is 5.51. The smallest absolute Gasteiger partial charge is 0.257 e. The van der Waals surface area contributed by atoms with Crippen molar-refractivity contribution in [2.75, 3.05) is 7.05 Å². The molecule has 2 rings (SSSR count). The lowest BCUT2D eigenvalue weighted by molar-refractivity contribution is 0.103. The fraction of sp³-hybridized carbons (Fsp3) is 0.250. The van der Waals surface area contributed by atoms with Gasteiger partial charge in [-0.3, -0.25) is 4.98 Å². The summed E-state index contributed by atoms with van der Waals surface area (Å²) in [4.78, 5) is 4.14. The molecule has 5 heteroatoms. The van der Waals surface area contributed by atoms with Crippen molar-refractivity contribution in [3.05, 3.63) is 41.0 Å². The standard InChI is InChI=1S/C12H11ClF2N2/c1-16-11(12(14)15)8-4-5-9(13)7-3-2-6-17-10(7)8/h2-6,11-12,16H,1H3. The van der Waals surface area contributed by atoms with Gasteiger partial charge < -0.3 is 5.32 Å². The van der Waals surface area contributed by atoms with Crippen molar-refractivity contribution in [1.29, 1.82) is 0 Å². The highest BCUT2D eigenvalue weighted by molar-refractivity contribution is 6.35. The van der Waals surface area contributed by atoms with Crippen LogP contribution in [0.25, 0.3) is 10.9 Å². The van der Waals surface area contributed by atoms with Gasteiger partial charge in [-0.05, 0) is 25.2 Å². The largest absolute Gasteiger partial charge is 0.308 e. The van der Waals surface area contributed by atoms with Gasteiger partial charge in [0.15, 0.2) is 0 Å². The van der Waals surface area contributed by atoms with Crippen LogP contribution in [-0.2, 0) is 0 Å². The van der Waals surface area contributed by atoms with Crippen LogP contribution >= 0.6 is 11.6 Å². The van der Waals surface area contributed by atoms with Gasteiger partial charge in [0, 0.05) is 22.2 Å². The van der Waals surface area contributed by atoms with Crippen LogP contribution in [0.3, 0.4) is 0 Å². The van der Waals surface area contributed by atoms with Crippen molar-refractivity contribution in [2.45, 2.75) is 12.5 Å². The Hall–Kier alpha value is -1.26. The van der Waals surface area contributed by atoms with Crippen LogP contribution in [0.2, 0.25) is 5.02 Å². The van der Waals surface area contributed by atoms with Crippen molar-refractivity contribution in [3.8, 4) is 0 Å². The second kappa shape index (κ2) is 4.94. The summed E-state index contributed by atoms with van der Waals surface area (Å²) >= 11 is 6.01. The molecule has 1 atom stereocenters. The van der Waals surface area contributed by atoms with Gasteiger partial charge in [-0.2, -0.15) is 0 Å². The summed E-state index contributed by atoms with van der Waals surface area (Å²) in [6.07, 6.45) is -0.924. The molecular weight excluding hydrogens is 246 g/mol. The summed E-state index contributed by atoms with van der Waals surface area (Å²) < 4.78 is 25.8. The van der Waals surface area contributed by atoms with E-state index in [-0.39, 0.29) is 0 Å². The lowest BCUT2D eigenvalue weighted by Crippen LogP contribution is -2.24. The molecule has 1 N–H and O–H groups in total. The number of aromatic nitrogens is 1. The normalized spacial score (nSPS) is 13.2. The van der Waals surface area contributed by atoms with E-state index in [2.05, 4.69) is 10.3 Å². The van der Waals surface area contributed by atoms with Gasteiger partial charge in [-0.25, -0.2) is 8.78 Å². The molecule has 90 valence electrons. The summed E-state index contributed by atoms with van der Waals surface area (Å²) in [6, 6.07) is 5.67. The van der Waals surface area contributed by atoms with E-state index in [4.69, 9.17) is 11.6 Å². The molecule has 0 fully saturated rings. The maximum atomic E-state index is 12.9. The molecule has 0 radical (unpaired) electrons. The number of nitrogens with one attached hydrogen (secondary N) is 1. The molecule has 0 saturated carbocycles. The van der Waals surface area contributed by atoms with E-state index in [9.17, 15) is 8.78 Å². The number of benzene rings is 1. The summed E-state index contributed by atoms with van der Waals surface area (Å²) in [5.41, 5.74) is 0.974. The van der Waals surface area contributed by atoms with Crippen molar-refractivity contribution in [1.82, 2.24) is 10.3 Å². The van der Waals surface area contributed by atoms with E-state index in [0.717, 1.165) is 0 Å². The molecular formula is C12H11ClF2N2. The van der Waals surface area contributed by atoms with E-state index in [1.807, 2.05) is 0 Å². The molecule has 0 aliphatic rings. The number of fused-ring (bicyclic) bond motifs is 1. The van der Waals surface area contributed by atoms with Gasteiger partial charge in [-0.1, -0.05) is 17.7 Å². The summed E-state index contributed by atoms with van der Waals surface area (Å²) in [5.74, 6) is 0. The molecule has 0 amide bonds. The predicted octanol–water partition coefficient (Wildman–Crippen LogP) is 3.41. The van der Waals surface area contributed by atoms with Crippen LogP contribution < -0.4 is 5.32 Å².